The number of carbonyl (C=O) groups excluding carboxylic acids is 1. The number of hydrogen-bond acceptors (Lipinski definition) is 3. The lowest BCUT2D eigenvalue weighted by Gasteiger charge is -2.25. The number of benzene rings is 1. The molecule has 1 unspecified atom stereocenters. The molecule has 1 aliphatic heterocycles. The standard InChI is InChI=1S/C15H19NO2/c1-2-3-4-8-11-15(14(17)12-16-18-15)13-9-6-5-7-10-13/h5-7,9-10,12H,2-4,8,11H2,1H3. The van der Waals surface area contributed by atoms with Crippen molar-refractivity contribution in [3.05, 3.63) is 35.9 Å². The first-order valence-corrected chi connectivity index (χ1v) is 6.61. The van der Waals surface area contributed by atoms with E-state index in [0.717, 1.165) is 18.4 Å². The van der Waals surface area contributed by atoms with Crippen LogP contribution in [0.5, 0.6) is 0 Å². The molecule has 1 atom stereocenters. The predicted molar refractivity (Wildman–Crippen MR) is 71.5 cm³/mol. The lowest BCUT2D eigenvalue weighted by molar-refractivity contribution is -0.134. The fourth-order valence-electron chi connectivity index (χ4n) is 2.33. The van der Waals surface area contributed by atoms with Crippen molar-refractivity contribution >= 4 is 12.0 Å². The van der Waals surface area contributed by atoms with Gasteiger partial charge in [-0.1, -0.05) is 61.7 Å². The summed E-state index contributed by atoms with van der Waals surface area (Å²) in [6.45, 7) is 2.17. The van der Waals surface area contributed by atoms with E-state index in [2.05, 4.69) is 12.1 Å². The van der Waals surface area contributed by atoms with Gasteiger partial charge in [-0.2, -0.15) is 0 Å². The van der Waals surface area contributed by atoms with Crippen molar-refractivity contribution in [3.63, 3.8) is 0 Å². The number of oxime groups is 1. The molecule has 3 nitrogen and oxygen atoms in total. The SMILES string of the molecule is CCCCCCC1(c2ccccc2)ON=CC1=O. The summed E-state index contributed by atoms with van der Waals surface area (Å²) in [7, 11) is 0. The second-order valence-electron chi connectivity index (χ2n) is 4.69. The Morgan fingerprint density at radius 1 is 1.17 bits per heavy atom. The number of hydrogen-bond donors (Lipinski definition) is 0. The molecule has 0 bridgehead atoms. The molecule has 0 spiro atoms. The van der Waals surface area contributed by atoms with Crippen molar-refractivity contribution in [2.45, 2.75) is 44.6 Å². The van der Waals surface area contributed by atoms with Crippen molar-refractivity contribution < 1.29 is 9.63 Å². The Kier molecular flexibility index (Phi) is 4.13. The fraction of sp³-hybridized carbons (Fsp3) is 0.467. The van der Waals surface area contributed by atoms with Gasteiger partial charge >= 0.3 is 0 Å². The molecule has 1 aromatic rings. The summed E-state index contributed by atoms with van der Waals surface area (Å²) in [4.78, 5) is 17.5. The molecule has 96 valence electrons. The second kappa shape index (κ2) is 5.80. The summed E-state index contributed by atoms with van der Waals surface area (Å²) in [5.74, 6) is -0.0369. The number of rotatable bonds is 6. The second-order valence-corrected chi connectivity index (χ2v) is 4.69. The highest BCUT2D eigenvalue weighted by Crippen LogP contribution is 2.35. The first-order chi connectivity index (χ1) is 8.79. The maximum Gasteiger partial charge on any atom is 0.228 e. The van der Waals surface area contributed by atoms with Crippen molar-refractivity contribution in [1.82, 2.24) is 0 Å². The Bertz CT molecular complexity index is 427. The minimum absolute atomic E-state index is 0.0369. The minimum atomic E-state index is -0.866. The van der Waals surface area contributed by atoms with Gasteiger partial charge in [0.15, 0.2) is 0 Å². The normalized spacial score (nSPS) is 22.2. The maximum atomic E-state index is 12.1. The topological polar surface area (TPSA) is 38.7 Å². The largest absolute Gasteiger partial charge is 0.376 e. The highest BCUT2D eigenvalue weighted by atomic mass is 16.7. The van der Waals surface area contributed by atoms with Gasteiger partial charge in [0.1, 0.15) is 6.21 Å². The van der Waals surface area contributed by atoms with Crippen LogP contribution in [0.2, 0.25) is 0 Å². The average Bonchev–Trinajstić information content (AvgIpc) is 2.78. The first-order valence-electron chi connectivity index (χ1n) is 6.61. The molecule has 1 aliphatic rings. The molecule has 0 saturated heterocycles. The summed E-state index contributed by atoms with van der Waals surface area (Å²) in [5, 5.41) is 3.72. The molecule has 2 rings (SSSR count). The molecule has 3 heteroatoms. The maximum absolute atomic E-state index is 12.1. The Balaban J connectivity index is 2.13. The molecule has 1 heterocycles. The summed E-state index contributed by atoms with van der Waals surface area (Å²) in [6.07, 6.45) is 6.49. The van der Waals surface area contributed by atoms with Gasteiger partial charge in [0.2, 0.25) is 11.4 Å². The van der Waals surface area contributed by atoms with Gasteiger partial charge in [-0.25, -0.2) is 0 Å². The van der Waals surface area contributed by atoms with Gasteiger partial charge in [-0.05, 0) is 6.42 Å². The molecule has 0 radical (unpaired) electrons. The third kappa shape index (κ3) is 2.45. The van der Waals surface area contributed by atoms with E-state index in [0.29, 0.717) is 6.42 Å². The molecule has 0 aromatic heterocycles. The van der Waals surface area contributed by atoms with Crippen molar-refractivity contribution in [3.8, 4) is 0 Å². The van der Waals surface area contributed by atoms with Crippen LogP contribution in [0, 0.1) is 0 Å². The number of ketones is 1. The van der Waals surface area contributed by atoms with E-state index in [1.165, 1.54) is 19.1 Å². The molecular formula is C15H19NO2. The van der Waals surface area contributed by atoms with E-state index in [-0.39, 0.29) is 5.78 Å². The van der Waals surface area contributed by atoms with Crippen LogP contribution in [0.1, 0.15) is 44.6 Å². The van der Waals surface area contributed by atoms with Crippen LogP contribution < -0.4 is 0 Å². The third-order valence-corrected chi connectivity index (χ3v) is 3.40. The minimum Gasteiger partial charge on any atom is -0.376 e. The molecule has 0 amide bonds. The summed E-state index contributed by atoms with van der Waals surface area (Å²) < 4.78 is 0. The van der Waals surface area contributed by atoms with Crippen molar-refractivity contribution in [2.75, 3.05) is 0 Å². The zero-order valence-corrected chi connectivity index (χ0v) is 10.8. The summed E-state index contributed by atoms with van der Waals surface area (Å²) >= 11 is 0. The zero-order valence-electron chi connectivity index (χ0n) is 10.8. The van der Waals surface area contributed by atoms with Gasteiger partial charge in [0.25, 0.3) is 0 Å². The van der Waals surface area contributed by atoms with E-state index in [1.807, 2.05) is 30.3 Å². The molecule has 18 heavy (non-hydrogen) atoms. The van der Waals surface area contributed by atoms with E-state index >= 15 is 0 Å². The van der Waals surface area contributed by atoms with Crippen LogP contribution in [0.25, 0.3) is 0 Å². The summed E-state index contributed by atoms with van der Waals surface area (Å²) in [6, 6.07) is 9.67. The van der Waals surface area contributed by atoms with Crippen LogP contribution in [0.15, 0.2) is 35.5 Å². The van der Waals surface area contributed by atoms with Gasteiger partial charge in [0, 0.05) is 12.0 Å². The Morgan fingerprint density at radius 2 is 1.94 bits per heavy atom. The van der Waals surface area contributed by atoms with Gasteiger partial charge < -0.3 is 4.84 Å². The molecule has 0 saturated carbocycles. The number of Topliss-reactive ketones (excluding diaryl/α,β-unsaturated/α-hetero) is 1. The molecule has 0 N–H and O–H groups in total. The molecule has 0 fully saturated rings. The quantitative estimate of drug-likeness (QED) is 0.720. The predicted octanol–water partition coefficient (Wildman–Crippen LogP) is 3.44. The van der Waals surface area contributed by atoms with Crippen LogP contribution in [0.3, 0.4) is 0 Å². The van der Waals surface area contributed by atoms with E-state index in [4.69, 9.17) is 4.84 Å². The van der Waals surface area contributed by atoms with E-state index in [1.54, 1.807) is 0 Å². The highest BCUT2D eigenvalue weighted by molar-refractivity contribution is 6.32. The van der Waals surface area contributed by atoms with Crippen LogP contribution in [-0.2, 0) is 15.2 Å². The van der Waals surface area contributed by atoms with Gasteiger partial charge in [-0.15, -0.1) is 0 Å². The number of unbranched alkanes of at least 4 members (excludes halogenated alkanes) is 3. The lowest BCUT2D eigenvalue weighted by Crippen LogP contribution is -2.34. The summed E-state index contributed by atoms with van der Waals surface area (Å²) in [5.41, 5.74) is 0.0404. The molecule has 0 aliphatic carbocycles. The van der Waals surface area contributed by atoms with Crippen molar-refractivity contribution in [2.24, 2.45) is 5.16 Å². The number of nitrogens with zero attached hydrogens (tertiary/aromatic N) is 1. The van der Waals surface area contributed by atoms with Crippen LogP contribution in [-0.4, -0.2) is 12.0 Å². The number of carbonyl (C=O) groups is 1. The van der Waals surface area contributed by atoms with Gasteiger partial charge in [0.05, 0.1) is 0 Å². The Morgan fingerprint density at radius 3 is 2.56 bits per heavy atom. The Hall–Kier alpha value is -1.64. The fourth-order valence-corrected chi connectivity index (χ4v) is 2.33. The molecular weight excluding hydrogens is 226 g/mol. The monoisotopic (exact) mass is 245 g/mol. The zero-order chi connectivity index (χ0) is 12.8. The average molecular weight is 245 g/mol. The lowest BCUT2D eigenvalue weighted by atomic mass is 9.85. The van der Waals surface area contributed by atoms with Crippen LogP contribution >= 0.6 is 0 Å². The Labute approximate surface area is 108 Å². The molecule has 1 aromatic carbocycles. The first kappa shape index (κ1) is 12.8. The third-order valence-electron chi connectivity index (χ3n) is 3.40. The van der Waals surface area contributed by atoms with Crippen molar-refractivity contribution in [1.29, 1.82) is 0 Å². The highest BCUT2D eigenvalue weighted by Gasteiger charge is 2.44. The van der Waals surface area contributed by atoms with Crippen LogP contribution in [0.4, 0.5) is 0 Å². The van der Waals surface area contributed by atoms with Gasteiger partial charge in [-0.3, -0.25) is 4.79 Å². The van der Waals surface area contributed by atoms with E-state index < -0.39 is 5.60 Å². The smallest absolute Gasteiger partial charge is 0.228 e. The van der Waals surface area contributed by atoms with E-state index in [9.17, 15) is 4.79 Å².